The van der Waals surface area contributed by atoms with Gasteiger partial charge in [0.25, 0.3) is 0 Å². The molecule has 2 heterocycles. The van der Waals surface area contributed by atoms with Crippen LogP contribution in [0.2, 0.25) is 0 Å². The van der Waals surface area contributed by atoms with Gasteiger partial charge < -0.3 is 9.73 Å². The van der Waals surface area contributed by atoms with Crippen molar-refractivity contribution in [3.63, 3.8) is 0 Å². The number of rotatable bonds is 3. The minimum absolute atomic E-state index is 0.217. The van der Waals surface area contributed by atoms with Crippen molar-refractivity contribution in [3.8, 4) is 0 Å². The van der Waals surface area contributed by atoms with Crippen molar-refractivity contribution in [3.05, 3.63) is 48.6 Å². The van der Waals surface area contributed by atoms with Gasteiger partial charge in [0.15, 0.2) is 0 Å². The van der Waals surface area contributed by atoms with E-state index >= 15 is 0 Å². The second-order valence-corrected chi connectivity index (χ2v) is 4.09. The standard InChI is InChI=1S/C13H13N3O/c1-9(11-4-5-17-8-11)15-12-3-2-10-7-14-16-13(10)6-12/h2-9,15H,1H3,(H,14,16). The molecule has 86 valence electrons. The molecule has 2 N–H and O–H groups in total. The number of hydrogen-bond acceptors (Lipinski definition) is 3. The van der Waals surface area contributed by atoms with Crippen molar-refractivity contribution in [2.45, 2.75) is 13.0 Å². The van der Waals surface area contributed by atoms with Gasteiger partial charge in [-0.25, -0.2) is 0 Å². The molecule has 0 bridgehead atoms. The van der Waals surface area contributed by atoms with Gasteiger partial charge in [-0.05, 0) is 31.2 Å². The molecule has 0 radical (unpaired) electrons. The minimum atomic E-state index is 0.217. The van der Waals surface area contributed by atoms with Crippen LogP contribution in [0.15, 0.2) is 47.4 Å². The van der Waals surface area contributed by atoms with Gasteiger partial charge in [0.1, 0.15) is 0 Å². The SMILES string of the molecule is CC(Nc1ccc2cn[nH]c2c1)c1ccoc1. The molecule has 4 nitrogen and oxygen atoms in total. The van der Waals surface area contributed by atoms with Gasteiger partial charge in [-0.3, -0.25) is 5.10 Å². The highest BCUT2D eigenvalue weighted by atomic mass is 16.3. The van der Waals surface area contributed by atoms with E-state index in [9.17, 15) is 0 Å². The second kappa shape index (κ2) is 3.97. The zero-order valence-electron chi connectivity index (χ0n) is 9.47. The largest absolute Gasteiger partial charge is 0.472 e. The lowest BCUT2D eigenvalue weighted by molar-refractivity contribution is 0.562. The van der Waals surface area contributed by atoms with Crippen molar-refractivity contribution in [2.75, 3.05) is 5.32 Å². The molecule has 4 heteroatoms. The Morgan fingerprint density at radius 2 is 2.29 bits per heavy atom. The van der Waals surface area contributed by atoms with Crippen LogP contribution in [0.3, 0.4) is 0 Å². The summed E-state index contributed by atoms with van der Waals surface area (Å²) in [5.74, 6) is 0. The fourth-order valence-electron chi connectivity index (χ4n) is 1.88. The summed E-state index contributed by atoms with van der Waals surface area (Å²) in [4.78, 5) is 0. The maximum absolute atomic E-state index is 5.08. The topological polar surface area (TPSA) is 53.9 Å². The third kappa shape index (κ3) is 1.89. The quantitative estimate of drug-likeness (QED) is 0.721. The molecule has 0 amide bonds. The van der Waals surface area contributed by atoms with Gasteiger partial charge in [-0.15, -0.1) is 0 Å². The van der Waals surface area contributed by atoms with E-state index in [1.807, 2.05) is 18.3 Å². The van der Waals surface area contributed by atoms with Crippen LogP contribution in [0.5, 0.6) is 0 Å². The molecule has 0 saturated heterocycles. The Morgan fingerprint density at radius 1 is 1.35 bits per heavy atom. The molecule has 0 saturated carbocycles. The Kier molecular flexibility index (Phi) is 2.33. The lowest BCUT2D eigenvalue weighted by atomic mass is 10.1. The van der Waals surface area contributed by atoms with Crippen molar-refractivity contribution < 1.29 is 4.42 Å². The molecule has 0 aliphatic carbocycles. The lowest BCUT2D eigenvalue weighted by Gasteiger charge is -2.13. The zero-order chi connectivity index (χ0) is 11.7. The molecule has 3 aromatic rings. The normalized spacial score (nSPS) is 12.8. The average Bonchev–Trinajstić information content (AvgIpc) is 2.99. The average molecular weight is 227 g/mol. The Labute approximate surface area is 98.6 Å². The first-order chi connectivity index (χ1) is 8.33. The monoisotopic (exact) mass is 227 g/mol. The molecule has 2 aromatic heterocycles. The van der Waals surface area contributed by atoms with Crippen molar-refractivity contribution in [1.29, 1.82) is 0 Å². The molecule has 1 atom stereocenters. The number of nitrogens with one attached hydrogen (secondary N) is 2. The highest BCUT2D eigenvalue weighted by molar-refractivity contribution is 5.81. The molecule has 0 fully saturated rings. The molecule has 3 rings (SSSR count). The van der Waals surface area contributed by atoms with E-state index in [-0.39, 0.29) is 6.04 Å². The number of furan rings is 1. The molecule has 0 aliphatic rings. The smallest absolute Gasteiger partial charge is 0.0955 e. The van der Waals surface area contributed by atoms with E-state index < -0.39 is 0 Å². The molecular weight excluding hydrogens is 214 g/mol. The van der Waals surface area contributed by atoms with Crippen LogP contribution in [-0.2, 0) is 0 Å². The van der Waals surface area contributed by atoms with Crippen molar-refractivity contribution in [1.82, 2.24) is 10.2 Å². The number of hydrogen-bond donors (Lipinski definition) is 2. The summed E-state index contributed by atoms with van der Waals surface area (Å²) in [5.41, 5.74) is 3.24. The summed E-state index contributed by atoms with van der Waals surface area (Å²) < 4.78 is 5.08. The summed E-state index contributed by atoms with van der Waals surface area (Å²) >= 11 is 0. The Balaban J connectivity index is 1.84. The minimum Gasteiger partial charge on any atom is -0.472 e. The van der Waals surface area contributed by atoms with Gasteiger partial charge >= 0.3 is 0 Å². The number of benzene rings is 1. The molecule has 1 unspecified atom stereocenters. The van der Waals surface area contributed by atoms with Crippen LogP contribution in [-0.4, -0.2) is 10.2 Å². The second-order valence-electron chi connectivity index (χ2n) is 4.09. The number of fused-ring (bicyclic) bond motifs is 1. The van der Waals surface area contributed by atoms with Gasteiger partial charge in [0.2, 0.25) is 0 Å². The van der Waals surface area contributed by atoms with E-state index in [1.165, 1.54) is 0 Å². The van der Waals surface area contributed by atoms with Crippen LogP contribution >= 0.6 is 0 Å². The zero-order valence-corrected chi connectivity index (χ0v) is 9.47. The summed E-state index contributed by atoms with van der Waals surface area (Å²) in [7, 11) is 0. The van der Waals surface area contributed by atoms with Crippen LogP contribution in [0.1, 0.15) is 18.5 Å². The Hall–Kier alpha value is -2.23. The summed E-state index contributed by atoms with van der Waals surface area (Å²) in [5, 5.41) is 11.5. The molecule has 0 spiro atoms. The maximum Gasteiger partial charge on any atom is 0.0955 e. The van der Waals surface area contributed by atoms with Gasteiger partial charge in [0.05, 0.1) is 30.3 Å². The molecular formula is C13H13N3O. The van der Waals surface area contributed by atoms with Crippen LogP contribution < -0.4 is 5.32 Å². The van der Waals surface area contributed by atoms with E-state index in [0.717, 1.165) is 22.2 Å². The first-order valence-corrected chi connectivity index (χ1v) is 5.55. The third-order valence-corrected chi connectivity index (χ3v) is 2.87. The Morgan fingerprint density at radius 3 is 3.12 bits per heavy atom. The number of aromatic amines is 1. The van der Waals surface area contributed by atoms with Crippen molar-refractivity contribution in [2.24, 2.45) is 0 Å². The van der Waals surface area contributed by atoms with E-state index in [1.54, 1.807) is 12.5 Å². The third-order valence-electron chi connectivity index (χ3n) is 2.87. The van der Waals surface area contributed by atoms with Crippen LogP contribution in [0.4, 0.5) is 5.69 Å². The fourth-order valence-corrected chi connectivity index (χ4v) is 1.88. The predicted molar refractivity (Wildman–Crippen MR) is 66.8 cm³/mol. The van der Waals surface area contributed by atoms with Crippen LogP contribution in [0.25, 0.3) is 10.9 Å². The molecule has 1 aromatic carbocycles. The van der Waals surface area contributed by atoms with Gasteiger partial charge in [-0.1, -0.05) is 0 Å². The predicted octanol–water partition coefficient (Wildman–Crippen LogP) is 3.33. The number of H-pyrrole nitrogens is 1. The first-order valence-electron chi connectivity index (χ1n) is 5.55. The maximum atomic E-state index is 5.08. The van der Waals surface area contributed by atoms with E-state index in [4.69, 9.17) is 4.42 Å². The summed E-state index contributed by atoms with van der Waals surface area (Å²) in [6, 6.07) is 8.33. The highest BCUT2D eigenvalue weighted by Crippen LogP contribution is 2.22. The van der Waals surface area contributed by atoms with Crippen LogP contribution in [0, 0.1) is 0 Å². The van der Waals surface area contributed by atoms with E-state index in [0.29, 0.717) is 0 Å². The number of anilines is 1. The van der Waals surface area contributed by atoms with Crippen molar-refractivity contribution >= 4 is 16.6 Å². The van der Waals surface area contributed by atoms with Gasteiger partial charge in [-0.2, -0.15) is 5.10 Å². The fraction of sp³-hybridized carbons (Fsp3) is 0.154. The Bertz CT molecular complexity index is 612. The van der Waals surface area contributed by atoms with E-state index in [2.05, 4.69) is 34.6 Å². The summed E-state index contributed by atoms with van der Waals surface area (Å²) in [6.07, 6.45) is 5.26. The number of nitrogens with zero attached hydrogens (tertiary/aromatic N) is 1. The summed E-state index contributed by atoms with van der Waals surface area (Å²) in [6.45, 7) is 2.10. The number of aromatic nitrogens is 2. The van der Waals surface area contributed by atoms with Gasteiger partial charge in [0, 0.05) is 16.6 Å². The highest BCUT2D eigenvalue weighted by Gasteiger charge is 2.06. The molecule has 17 heavy (non-hydrogen) atoms. The molecule has 0 aliphatic heterocycles. The lowest BCUT2D eigenvalue weighted by Crippen LogP contribution is -2.05. The first kappa shape index (κ1) is 9.96.